The lowest BCUT2D eigenvalue weighted by Crippen LogP contribution is -2.41. The molecule has 0 N–H and O–H groups in total. The Morgan fingerprint density at radius 1 is 1.18 bits per heavy atom. The second-order valence-electron chi connectivity index (χ2n) is 6.59. The van der Waals surface area contributed by atoms with Crippen LogP contribution in [0.1, 0.15) is 47.5 Å². The zero-order valence-corrected chi connectivity index (χ0v) is 14.6. The molecule has 0 bridgehead atoms. The highest BCUT2D eigenvalue weighted by Crippen LogP contribution is 2.37. The van der Waals surface area contributed by atoms with Crippen LogP contribution in [-0.2, 0) is 9.31 Å². The molecule has 0 unspecified atom stereocenters. The number of hydrogen-bond acceptors (Lipinski definition) is 3. The summed E-state index contributed by atoms with van der Waals surface area (Å²) in [6, 6.07) is 2.83. The van der Waals surface area contributed by atoms with Crippen molar-refractivity contribution in [2.75, 3.05) is 6.61 Å². The van der Waals surface area contributed by atoms with Crippen molar-refractivity contribution in [1.82, 2.24) is 0 Å². The van der Waals surface area contributed by atoms with Gasteiger partial charge in [0.05, 0.1) is 22.8 Å². The van der Waals surface area contributed by atoms with E-state index < -0.39 is 24.1 Å². The van der Waals surface area contributed by atoms with Crippen LogP contribution in [0.4, 0.5) is 4.39 Å². The maximum Gasteiger partial charge on any atom is 0.497 e. The average molecular weight is 329 g/mol. The Kier molecular flexibility index (Phi) is 5.10. The van der Waals surface area contributed by atoms with Crippen molar-refractivity contribution in [3.63, 3.8) is 0 Å². The largest absolute Gasteiger partial charge is 0.497 e. The van der Waals surface area contributed by atoms with Crippen molar-refractivity contribution in [2.45, 2.75) is 58.7 Å². The molecule has 0 atom stereocenters. The smallest absolute Gasteiger partial charge is 0.492 e. The highest BCUT2D eigenvalue weighted by Gasteiger charge is 2.52. The maximum atomic E-state index is 14.3. The van der Waals surface area contributed by atoms with Gasteiger partial charge in [-0.05, 0) is 46.2 Å². The molecule has 1 aromatic rings. The van der Waals surface area contributed by atoms with Crippen LogP contribution in [0.15, 0.2) is 12.1 Å². The second-order valence-corrected chi connectivity index (χ2v) is 7.00. The predicted molar refractivity (Wildman–Crippen MR) is 87.5 cm³/mol. The molecule has 0 radical (unpaired) electrons. The van der Waals surface area contributed by atoms with Crippen molar-refractivity contribution in [3.05, 3.63) is 23.0 Å². The van der Waals surface area contributed by atoms with Crippen molar-refractivity contribution in [3.8, 4) is 5.75 Å². The van der Waals surface area contributed by atoms with Crippen LogP contribution in [0.3, 0.4) is 0 Å². The van der Waals surface area contributed by atoms with E-state index in [4.69, 9.17) is 25.6 Å². The normalized spacial score (nSPS) is 19.5. The van der Waals surface area contributed by atoms with E-state index in [2.05, 4.69) is 6.92 Å². The van der Waals surface area contributed by atoms with Gasteiger partial charge in [0.2, 0.25) is 0 Å². The van der Waals surface area contributed by atoms with Crippen molar-refractivity contribution >= 4 is 24.2 Å². The average Bonchev–Trinajstić information content (AvgIpc) is 2.61. The van der Waals surface area contributed by atoms with Gasteiger partial charge in [0.15, 0.2) is 0 Å². The third-order valence-electron chi connectivity index (χ3n) is 4.31. The minimum atomic E-state index is -0.768. The second kappa shape index (κ2) is 6.38. The molecule has 1 aliphatic rings. The lowest BCUT2D eigenvalue weighted by molar-refractivity contribution is 0.00578. The van der Waals surface area contributed by atoms with E-state index in [-0.39, 0.29) is 5.02 Å². The summed E-state index contributed by atoms with van der Waals surface area (Å²) in [5.41, 5.74) is -0.727. The van der Waals surface area contributed by atoms with Crippen LogP contribution < -0.4 is 10.2 Å². The molecule has 3 nitrogen and oxygen atoms in total. The molecule has 0 aliphatic carbocycles. The predicted octanol–water partition coefficient (Wildman–Crippen LogP) is 3.96. The van der Waals surface area contributed by atoms with Crippen molar-refractivity contribution in [1.29, 1.82) is 0 Å². The molecular formula is C16H23BClFO3. The summed E-state index contributed by atoms with van der Waals surface area (Å²) < 4.78 is 31.7. The van der Waals surface area contributed by atoms with Gasteiger partial charge in [-0.3, -0.25) is 0 Å². The number of halogens is 2. The molecule has 2 rings (SSSR count). The molecule has 22 heavy (non-hydrogen) atoms. The number of hydrogen-bond donors (Lipinski definition) is 0. The van der Waals surface area contributed by atoms with E-state index >= 15 is 0 Å². The Morgan fingerprint density at radius 2 is 1.77 bits per heavy atom. The Balaban J connectivity index is 2.26. The molecule has 122 valence electrons. The highest BCUT2D eigenvalue weighted by atomic mass is 35.5. The van der Waals surface area contributed by atoms with Gasteiger partial charge in [0.25, 0.3) is 0 Å². The van der Waals surface area contributed by atoms with E-state index in [9.17, 15) is 4.39 Å². The van der Waals surface area contributed by atoms with Gasteiger partial charge in [0.1, 0.15) is 11.6 Å². The molecular weight excluding hydrogens is 305 g/mol. The first-order valence-electron chi connectivity index (χ1n) is 7.65. The molecule has 1 fully saturated rings. The summed E-state index contributed by atoms with van der Waals surface area (Å²) in [6.07, 6.45) is 1.93. The summed E-state index contributed by atoms with van der Waals surface area (Å²) in [5, 5.41) is 0.258. The molecule has 6 heteroatoms. The summed E-state index contributed by atoms with van der Waals surface area (Å²) >= 11 is 6.05. The lowest BCUT2D eigenvalue weighted by Gasteiger charge is -2.32. The van der Waals surface area contributed by atoms with Crippen LogP contribution in [-0.4, -0.2) is 24.9 Å². The topological polar surface area (TPSA) is 27.7 Å². The summed E-state index contributed by atoms with van der Waals surface area (Å²) in [4.78, 5) is 0. The van der Waals surface area contributed by atoms with E-state index in [0.29, 0.717) is 17.8 Å². The van der Waals surface area contributed by atoms with E-state index in [1.165, 1.54) is 6.07 Å². The van der Waals surface area contributed by atoms with Crippen molar-refractivity contribution < 1.29 is 18.4 Å². The van der Waals surface area contributed by atoms with Gasteiger partial charge in [-0.2, -0.15) is 0 Å². The van der Waals surface area contributed by atoms with Crippen molar-refractivity contribution in [2.24, 2.45) is 0 Å². The fourth-order valence-corrected chi connectivity index (χ4v) is 2.34. The third-order valence-corrected chi connectivity index (χ3v) is 4.61. The first-order chi connectivity index (χ1) is 10.2. The first kappa shape index (κ1) is 17.6. The Labute approximate surface area is 137 Å². The third kappa shape index (κ3) is 3.42. The highest BCUT2D eigenvalue weighted by molar-refractivity contribution is 6.62. The minimum absolute atomic E-state index is 0.258. The van der Waals surface area contributed by atoms with Gasteiger partial charge >= 0.3 is 7.12 Å². The van der Waals surface area contributed by atoms with Gasteiger partial charge in [-0.15, -0.1) is 0 Å². The SMILES string of the molecule is CCCCOc1cc(B2OC(C)(C)C(C)(C)O2)c(F)cc1Cl. The summed E-state index contributed by atoms with van der Waals surface area (Å²) in [7, 11) is -0.768. The first-order valence-corrected chi connectivity index (χ1v) is 8.03. The molecule has 0 saturated carbocycles. The molecule has 0 spiro atoms. The zero-order chi connectivity index (χ0) is 16.5. The number of benzene rings is 1. The number of rotatable bonds is 5. The Bertz CT molecular complexity index is 532. The quantitative estimate of drug-likeness (QED) is 0.605. The molecule has 1 saturated heterocycles. The fraction of sp³-hybridized carbons (Fsp3) is 0.625. The molecule has 1 aliphatic heterocycles. The number of unbranched alkanes of at least 4 members (excludes halogenated alkanes) is 1. The van der Waals surface area contributed by atoms with E-state index in [1.807, 2.05) is 27.7 Å². The van der Waals surface area contributed by atoms with Crippen LogP contribution >= 0.6 is 11.6 Å². The summed E-state index contributed by atoms with van der Waals surface area (Å²) in [6.45, 7) is 10.3. The maximum absolute atomic E-state index is 14.3. The Morgan fingerprint density at radius 3 is 2.32 bits per heavy atom. The molecule has 0 amide bonds. The Hall–Kier alpha value is -0.775. The fourth-order valence-electron chi connectivity index (χ4n) is 2.13. The van der Waals surface area contributed by atoms with Crippen LogP contribution in [0, 0.1) is 5.82 Å². The number of ether oxygens (including phenoxy) is 1. The standard InChI is InChI=1S/C16H23BClFO3/c1-6-7-8-20-14-9-11(13(19)10-12(14)18)17-21-15(2,3)16(4,5)22-17/h9-10H,6-8H2,1-5H3. The van der Waals surface area contributed by atoms with Gasteiger partial charge in [-0.1, -0.05) is 24.9 Å². The van der Waals surface area contributed by atoms with E-state index in [0.717, 1.165) is 12.8 Å². The van der Waals surface area contributed by atoms with Crippen LogP contribution in [0.5, 0.6) is 5.75 Å². The zero-order valence-electron chi connectivity index (χ0n) is 13.8. The molecule has 1 aromatic carbocycles. The van der Waals surface area contributed by atoms with Gasteiger partial charge in [-0.25, -0.2) is 4.39 Å². The minimum Gasteiger partial charge on any atom is -0.492 e. The molecule has 1 heterocycles. The van der Waals surface area contributed by atoms with Gasteiger partial charge < -0.3 is 14.0 Å². The van der Waals surface area contributed by atoms with Crippen LogP contribution in [0.25, 0.3) is 0 Å². The van der Waals surface area contributed by atoms with Crippen LogP contribution in [0.2, 0.25) is 5.02 Å². The monoisotopic (exact) mass is 328 g/mol. The molecule has 0 aromatic heterocycles. The van der Waals surface area contributed by atoms with Gasteiger partial charge in [0, 0.05) is 5.46 Å². The lowest BCUT2D eigenvalue weighted by atomic mass is 9.78. The summed E-state index contributed by atoms with van der Waals surface area (Å²) in [5.74, 6) is 0.00701. The van der Waals surface area contributed by atoms with E-state index in [1.54, 1.807) is 6.07 Å².